The zero-order chi connectivity index (χ0) is 14.0. The fourth-order valence-electron chi connectivity index (χ4n) is 3.19. The minimum Gasteiger partial charge on any atom is -0.481 e. The maximum Gasteiger partial charge on any atom is 0.308 e. The van der Waals surface area contributed by atoms with Gasteiger partial charge in [0, 0.05) is 13.1 Å². The van der Waals surface area contributed by atoms with Crippen molar-refractivity contribution in [3.8, 4) is 0 Å². The molecular formula is C14H24N2O3. The monoisotopic (exact) mass is 268 g/mol. The highest BCUT2D eigenvalue weighted by atomic mass is 16.4. The van der Waals surface area contributed by atoms with E-state index in [4.69, 9.17) is 5.11 Å². The highest BCUT2D eigenvalue weighted by molar-refractivity contribution is 5.83. The fraction of sp³-hybridized carbons (Fsp3) is 0.857. The van der Waals surface area contributed by atoms with E-state index in [1.807, 2.05) is 0 Å². The molecule has 2 rings (SSSR count). The molecule has 0 aromatic carbocycles. The molecule has 0 saturated carbocycles. The van der Waals surface area contributed by atoms with Gasteiger partial charge in [0.2, 0.25) is 5.91 Å². The lowest BCUT2D eigenvalue weighted by atomic mass is 9.76. The molecule has 2 N–H and O–H groups in total. The van der Waals surface area contributed by atoms with Crippen molar-refractivity contribution in [1.82, 2.24) is 10.2 Å². The number of carboxylic acid groups (broad SMARTS) is 1. The van der Waals surface area contributed by atoms with E-state index in [2.05, 4.69) is 19.2 Å². The minimum atomic E-state index is -0.784. The van der Waals surface area contributed by atoms with Gasteiger partial charge in [-0.15, -0.1) is 0 Å². The number of nitrogens with zero attached hydrogens (tertiary/aromatic N) is 1. The van der Waals surface area contributed by atoms with Crippen LogP contribution in [0, 0.1) is 11.3 Å². The van der Waals surface area contributed by atoms with Gasteiger partial charge in [0.25, 0.3) is 0 Å². The van der Waals surface area contributed by atoms with E-state index in [1.165, 1.54) is 0 Å². The van der Waals surface area contributed by atoms with Gasteiger partial charge in [-0.25, -0.2) is 0 Å². The van der Waals surface area contributed by atoms with E-state index in [0.717, 1.165) is 25.8 Å². The highest BCUT2D eigenvalue weighted by Gasteiger charge is 2.40. The van der Waals surface area contributed by atoms with Gasteiger partial charge >= 0.3 is 5.97 Å². The van der Waals surface area contributed by atoms with Crippen LogP contribution in [-0.4, -0.2) is 47.6 Å². The quantitative estimate of drug-likeness (QED) is 0.786. The number of rotatable bonds is 2. The van der Waals surface area contributed by atoms with Crippen LogP contribution in [0.3, 0.4) is 0 Å². The third kappa shape index (κ3) is 3.08. The third-order valence-electron chi connectivity index (χ3n) is 4.46. The first kappa shape index (κ1) is 14.3. The van der Waals surface area contributed by atoms with Crippen LogP contribution in [-0.2, 0) is 9.59 Å². The smallest absolute Gasteiger partial charge is 0.308 e. The molecule has 2 saturated heterocycles. The second kappa shape index (κ2) is 5.49. The molecule has 0 aromatic rings. The normalized spacial score (nSPS) is 30.9. The van der Waals surface area contributed by atoms with Gasteiger partial charge in [0.05, 0.1) is 12.0 Å². The third-order valence-corrected chi connectivity index (χ3v) is 4.46. The molecule has 5 nitrogen and oxygen atoms in total. The Morgan fingerprint density at radius 2 is 2.05 bits per heavy atom. The second-order valence-corrected chi connectivity index (χ2v) is 6.44. The van der Waals surface area contributed by atoms with E-state index in [9.17, 15) is 9.59 Å². The van der Waals surface area contributed by atoms with Crippen molar-refractivity contribution in [2.45, 2.75) is 45.6 Å². The first-order chi connectivity index (χ1) is 8.92. The van der Waals surface area contributed by atoms with Crippen molar-refractivity contribution >= 4 is 11.9 Å². The Kier molecular flexibility index (Phi) is 4.13. The first-order valence-corrected chi connectivity index (χ1v) is 7.17. The predicted molar refractivity (Wildman–Crippen MR) is 71.7 cm³/mol. The summed E-state index contributed by atoms with van der Waals surface area (Å²) in [7, 11) is 0. The van der Waals surface area contributed by atoms with Crippen LogP contribution in [0.2, 0.25) is 0 Å². The van der Waals surface area contributed by atoms with Crippen LogP contribution < -0.4 is 5.32 Å². The number of hydrogen-bond donors (Lipinski definition) is 2. The highest BCUT2D eigenvalue weighted by Crippen LogP contribution is 2.32. The molecule has 0 aliphatic carbocycles. The van der Waals surface area contributed by atoms with Gasteiger partial charge in [-0.3, -0.25) is 9.59 Å². The molecule has 2 atom stereocenters. The Bertz CT molecular complexity index is 368. The topological polar surface area (TPSA) is 69.6 Å². The molecule has 2 aliphatic rings. The van der Waals surface area contributed by atoms with Gasteiger partial charge in [-0.1, -0.05) is 13.8 Å². The summed E-state index contributed by atoms with van der Waals surface area (Å²) in [5.41, 5.74) is -0.0501. The molecule has 108 valence electrons. The molecule has 2 aliphatic heterocycles. The number of carboxylic acids is 1. The summed E-state index contributed by atoms with van der Waals surface area (Å²) in [6.45, 7) is 6.15. The van der Waals surface area contributed by atoms with Crippen molar-refractivity contribution in [2.75, 3.05) is 19.6 Å². The Morgan fingerprint density at radius 1 is 1.32 bits per heavy atom. The van der Waals surface area contributed by atoms with Crippen molar-refractivity contribution in [3.05, 3.63) is 0 Å². The Labute approximate surface area is 114 Å². The van der Waals surface area contributed by atoms with Crippen LogP contribution in [0.1, 0.15) is 39.5 Å². The lowest BCUT2D eigenvalue weighted by Gasteiger charge is -2.42. The average Bonchev–Trinajstić information content (AvgIpc) is 2.37. The number of amides is 1. The Morgan fingerprint density at radius 3 is 2.68 bits per heavy atom. The lowest BCUT2D eigenvalue weighted by molar-refractivity contribution is -0.147. The van der Waals surface area contributed by atoms with E-state index < -0.39 is 11.9 Å². The Hall–Kier alpha value is -1.10. The lowest BCUT2D eigenvalue weighted by Crippen LogP contribution is -2.58. The van der Waals surface area contributed by atoms with Crippen LogP contribution in [0.4, 0.5) is 0 Å². The van der Waals surface area contributed by atoms with Gasteiger partial charge in [-0.2, -0.15) is 0 Å². The molecular weight excluding hydrogens is 244 g/mol. The van der Waals surface area contributed by atoms with E-state index in [0.29, 0.717) is 19.5 Å². The summed E-state index contributed by atoms with van der Waals surface area (Å²) in [6.07, 6.45) is 3.59. The molecule has 19 heavy (non-hydrogen) atoms. The van der Waals surface area contributed by atoms with Crippen molar-refractivity contribution in [2.24, 2.45) is 11.3 Å². The van der Waals surface area contributed by atoms with Crippen molar-refractivity contribution in [3.63, 3.8) is 0 Å². The summed E-state index contributed by atoms with van der Waals surface area (Å²) in [6, 6.07) is -0.172. The van der Waals surface area contributed by atoms with Crippen LogP contribution in [0.5, 0.6) is 0 Å². The molecule has 0 bridgehead atoms. The van der Waals surface area contributed by atoms with Crippen LogP contribution in [0.25, 0.3) is 0 Å². The number of likely N-dealkylation sites (tertiary alicyclic amines) is 1. The number of carbonyl (C=O) groups excluding carboxylic acids is 1. The fourth-order valence-corrected chi connectivity index (χ4v) is 3.19. The molecule has 2 fully saturated rings. The number of nitrogens with one attached hydrogen (secondary N) is 1. The number of hydrogen-bond acceptors (Lipinski definition) is 3. The van der Waals surface area contributed by atoms with Crippen molar-refractivity contribution < 1.29 is 14.7 Å². The molecule has 0 radical (unpaired) electrons. The van der Waals surface area contributed by atoms with Crippen LogP contribution in [0.15, 0.2) is 0 Å². The Balaban J connectivity index is 2.04. The maximum atomic E-state index is 12.6. The molecule has 1 unspecified atom stereocenters. The SMILES string of the molecule is CC1(C)CCCNC1C(=O)N1CCC[C@@H](C(=O)O)C1. The summed E-state index contributed by atoms with van der Waals surface area (Å²) in [4.78, 5) is 25.4. The number of aliphatic carboxylic acids is 1. The van der Waals surface area contributed by atoms with Gasteiger partial charge < -0.3 is 15.3 Å². The summed E-state index contributed by atoms with van der Waals surface area (Å²) >= 11 is 0. The zero-order valence-electron chi connectivity index (χ0n) is 11.8. The standard InChI is InChI=1S/C14H24N2O3/c1-14(2)6-4-7-15-11(14)12(17)16-8-3-5-10(9-16)13(18)19/h10-11,15H,3-9H2,1-2H3,(H,18,19)/t10-,11?/m1/s1. The molecule has 1 amide bonds. The van der Waals surface area contributed by atoms with E-state index in [-0.39, 0.29) is 17.4 Å². The number of piperidine rings is 2. The summed E-state index contributed by atoms with van der Waals surface area (Å²) < 4.78 is 0. The first-order valence-electron chi connectivity index (χ1n) is 7.17. The maximum absolute atomic E-state index is 12.6. The van der Waals surface area contributed by atoms with Crippen LogP contribution >= 0.6 is 0 Å². The molecule has 0 spiro atoms. The molecule has 2 heterocycles. The predicted octanol–water partition coefficient (Wildman–Crippen LogP) is 1.09. The molecule has 5 heteroatoms. The van der Waals surface area contributed by atoms with E-state index >= 15 is 0 Å². The van der Waals surface area contributed by atoms with Gasteiger partial charge in [0.1, 0.15) is 0 Å². The minimum absolute atomic E-state index is 0.0501. The average molecular weight is 268 g/mol. The largest absolute Gasteiger partial charge is 0.481 e. The zero-order valence-corrected chi connectivity index (χ0v) is 11.8. The van der Waals surface area contributed by atoms with Gasteiger partial charge in [0.15, 0.2) is 0 Å². The van der Waals surface area contributed by atoms with E-state index in [1.54, 1.807) is 4.90 Å². The van der Waals surface area contributed by atoms with Gasteiger partial charge in [-0.05, 0) is 37.6 Å². The number of carbonyl (C=O) groups is 2. The summed E-state index contributed by atoms with van der Waals surface area (Å²) in [5, 5.41) is 12.4. The molecule has 0 aromatic heterocycles. The second-order valence-electron chi connectivity index (χ2n) is 6.44. The summed E-state index contributed by atoms with van der Waals surface area (Å²) in [5.74, 6) is -1.10. The van der Waals surface area contributed by atoms with Crippen molar-refractivity contribution in [1.29, 1.82) is 0 Å².